The molecule has 0 fully saturated rings. The molecule has 0 N–H and O–H groups in total. The number of methoxy groups -OCH3 is 1. The monoisotopic (exact) mass is 291 g/mol. The Morgan fingerprint density at radius 1 is 1.05 bits per heavy atom. The van der Waals surface area contributed by atoms with Crippen molar-refractivity contribution in [3.63, 3.8) is 0 Å². The van der Waals surface area contributed by atoms with Crippen LogP contribution in [0.3, 0.4) is 0 Å². The third-order valence-electron chi connectivity index (χ3n) is 2.81. The van der Waals surface area contributed by atoms with E-state index in [9.17, 15) is 0 Å². The molecule has 0 aliphatic rings. The van der Waals surface area contributed by atoms with Gasteiger partial charge in [0.15, 0.2) is 0 Å². The zero-order chi connectivity index (χ0) is 13.8. The Hall–Kier alpha value is -1.69. The van der Waals surface area contributed by atoms with E-state index in [1.165, 1.54) is 0 Å². The average molecular weight is 292 g/mol. The number of benzene rings is 2. The standard InChI is InChI=1S/C15H11Cl2NO/c1-19-15-9-12(3-2-10(15)6-7-18)11-4-5-13(16)14(17)8-11/h2-5,8-9H,6H2,1H3. The quantitative estimate of drug-likeness (QED) is 0.819. The van der Waals surface area contributed by atoms with Gasteiger partial charge in [-0.1, -0.05) is 41.4 Å². The van der Waals surface area contributed by atoms with Crippen molar-refractivity contribution in [2.24, 2.45) is 0 Å². The molecule has 0 aromatic heterocycles. The van der Waals surface area contributed by atoms with E-state index in [-0.39, 0.29) is 0 Å². The van der Waals surface area contributed by atoms with E-state index in [0.29, 0.717) is 22.2 Å². The molecule has 0 atom stereocenters. The minimum Gasteiger partial charge on any atom is -0.496 e. The van der Waals surface area contributed by atoms with Gasteiger partial charge in [0.25, 0.3) is 0 Å². The van der Waals surface area contributed by atoms with Crippen molar-refractivity contribution < 1.29 is 4.74 Å². The number of nitriles is 1. The minimum atomic E-state index is 0.324. The van der Waals surface area contributed by atoms with Gasteiger partial charge in [-0.3, -0.25) is 0 Å². The van der Waals surface area contributed by atoms with Crippen LogP contribution in [0.25, 0.3) is 11.1 Å². The highest BCUT2D eigenvalue weighted by molar-refractivity contribution is 6.42. The van der Waals surface area contributed by atoms with Crippen LogP contribution in [0.2, 0.25) is 10.0 Å². The molecule has 0 radical (unpaired) electrons. The summed E-state index contributed by atoms with van der Waals surface area (Å²) >= 11 is 11.9. The first-order chi connectivity index (χ1) is 9.15. The summed E-state index contributed by atoms with van der Waals surface area (Å²) in [6.45, 7) is 0. The molecule has 0 saturated heterocycles. The number of rotatable bonds is 3. The number of hydrogen-bond acceptors (Lipinski definition) is 2. The van der Waals surface area contributed by atoms with Crippen molar-refractivity contribution in [3.05, 3.63) is 52.0 Å². The Kier molecular flexibility index (Phi) is 4.31. The fraction of sp³-hybridized carbons (Fsp3) is 0.133. The summed E-state index contributed by atoms with van der Waals surface area (Å²) in [6.07, 6.45) is 0.324. The van der Waals surface area contributed by atoms with Crippen LogP contribution in [-0.4, -0.2) is 7.11 Å². The van der Waals surface area contributed by atoms with Gasteiger partial charge >= 0.3 is 0 Å². The van der Waals surface area contributed by atoms with E-state index in [1.807, 2.05) is 30.3 Å². The van der Waals surface area contributed by atoms with Crippen LogP contribution in [0.4, 0.5) is 0 Å². The summed E-state index contributed by atoms with van der Waals surface area (Å²) < 4.78 is 5.30. The van der Waals surface area contributed by atoms with Crippen LogP contribution < -0.4 is 4.74 Å². The van der Waals surface area contributed by atoms with Crippen LogP contribution in [0, 0.1) is 11.3 Å². The highest BCUT2D eigenvalue weighted by atomic mass is 35.5. The van der Waals surface area contributed by atoms with Gasteiger partial charge in [0, 0.05) is 5.56 Å². The number of ether oxygens (including phenoxy) is 1. The van der Waals surface area contributed by atoms with Crippen molar-refractivity contribution in [2.75, 3.05) is 7.11 Å². The molecule has 0 bridgehead atoms. The first-order valence-electron chi connectivity index (χ1n) is 5.65. The van der Waals surface area contributed by atoms with Crippen LogP contribution in [-0.2, 0) is 6.42 Å². The smallest absolute Gasteiger partial charge is 0.123 e. The maximum absolute atomic E-state index is 8.76. The molecule has 2 rings (SSSR count). The Balaban J connectivity index is 2.45. The third-order valence-corrected chi connectivity index (χ3v) is 3.55. The van der Waals surface area contributed by atoms with Gasteiger partial charge < -0.3 is 4.74 Å². The van der Waals surface area contributed by atoms with Crippen molar-refractivity contribution >= 4 is 23.2 Å². The van der Waals surface area contributed by atoms with Gasteiger partial charge in [-0.25, -0.2) is 0 Å². The van der Waals surface area contributed by atoms with E-state index in [4.69, 9.17) is 33.2 Å². The second-order valence-electron chi connectivity index (χ2n) is 3.99. The SMILES string of the molecule is COc1cc(-c2ccc(Cl)c(Cl)c2)ccc1CC#N. The summed E-state index contributed by atoms with van der Waals surface area (Å²) in [5.41, 5.74) is 2.79. The summed E-state index contributed by atoms with van der Waals surface area (Å²) in [4.78, 5) is 0. The molecule has 2 aromatic carbocycles. The Morgan fingerprint density at radius 3 is 2.37 bits per heavy atom. The van der Waals surface area contributed by atoms with E-state index in [2.05, 4.69) is 6.07 Å². The molecule has 2 nitrogen and oxygen atoms in total. The molecule has 0 spiro atoms. The second kappa shape index (κ2) is 5.97. The van der Waals surface area contributed by atoms with Crippen LogP contribution in [0.15, 0.2) is 36.4 Å². The molecular weight excluding hydrogens is 281 g/mol. The van der Waals surface area contributed by atoms with Gasteiger partial charge in [0.2, 0.25) is 0 Å². The minimum absolute atomic E-state index is 0.324. The lowest BCUT2D eigenvalue weighted by molar-refractivity contribution is 0.411. The lowest BCUT2D eigenvalue weighted by Gasteiger charge is -2.09. The first kappa shape index (κ1) is 13.7. The Morgan fingerprint density at radius 2 is 1.74 bits per heavy atom. The molecule has 0 saturated carbocycles. The normalized spacial score (nSPS) is 10.0. The lowest BCUT2D eigenvalue weighted by Crippen LogP contribution is -1.92. The molecule has 96 valence electrons. The zero-order valence-corrected chi connectivity index (χ0v) is 11.8. The molecule has 19 heavy (non-hydrogen) atoms. The van der Waals surface area contributed by atoms with Crippen LogP contribution in [0.5, 0.6) is 5.75 Å². The molecule has 0 aliphatic heterocycles. The molecule has 0 heterocycles. The lowest BCUT2D eigenvalue weighted by atomic mass is 10.0. The second-order valence-corrected chi connectivity index (χ2v) is 4.80. The first-order valence-corrected chi connectivity index (χ1v) is 6.40. The van der Waals surface area contributed by atoms with Crippen LogP contribution >= 0.6 is 23.2 Å². The predicted octanol–water partition coefficient (Wildman–Crippen LogP) is 4.74. The van der Waals surface area contributed by atoms with E-state index in [0.717, 1.165) is 16.7 Å². The predicted molar refractivity (Wildman–Crippen MR) is 77.8 cm³/mol. The molecule has 4 heteroatoms. The molecule has 0 aliphatic carbocycles. The van der Waals surface area contributed by atoms with Gasteiger partial charge in [-0.05, 0) is 29.3 Å². The van der Waals surface area contributed by atoms with E-state index in [1.54, 1.807) is 13.2 Å². The molecule has 2 aromatic rings. The van der Waals surface area contributed by atoms with Gasteiger partial charge in [-0.2, -0.15) is 5.26 Å². The summed E-state index contributed by atoms with van der Waals surface area (Å²) in [5.74, 6) is 0.699. The van der Waals surface area contributed by atoms with Gasteiger partial charge in [-0.15, -0.1) is 0 Å². The largest absolute Gasteiger partial charge is 0.496 e. The Labute approximate surface area is 122 Å². The van der Waals surface area contributed by atoms with Crippen LogP contribution in [0.1, 0.15) is 5.56 Å². The summed E-state index contributed by atoms with van der Waals surface area (Å²) in [5, 5.41) is 9.79. The maximum atomic E-state index is 8.76. The van der Waals surface area contributed by atoms with Crippen molar-refractivity contribution in [3.8, 4) is 22.9 Å². The third kappa shape index (κ3) is 3.01. The van der Waals surface area contributed by atoms with Crippen molar-refractivity contribution in [1.29, 1.82) is 5.26 Å². The highest BCUT2D eigenvalue weighted by Crippen LogP contribution is 2.31. The average Bonchev–Trinajstić information content (AvgIpc) is 2.42. The summed E-state index contributed by atoms with van der Waals surface area (Å²) in [6, 6.07) is 13.3. The van der Waals surface area contributed by atoms with Crippen molar-refractivity contribution in [1.82, 2.24) is 0 Å². The van der Waals surface area contributed by atoms with E-state index < -0.39 is 0 Å². The van der Waals surface area contributed by atoms with Crippen molar-refractivity contribution in [2.45, 2.75) is 6.42 Å². The van der Waals surface area contributed by atoms with E-state index >= 15 is 0 Å². The maximum Gasteiger partial charge on any atom is 0.123 e. The number of nitrogens with zero attached hydrogens (tertiary/aromatic N) is 1. The fourth-order valence-electron chi connectivity index (χ4n) is 1.83. The topological polar surface area (TPSA) is 33.0 Å². The highest BCUT2D eigenvalue weighted by Gasteiger charge is 2.07. The van der Waals surface area contributed by atoms with Gasteiger partial charge in [0.1, 0.15) is 5.75 Å². The molecule has 0 amide bonds. The number of halogens is 2. The molecule has 0 unspecified atom stereocenters. The molecular formula is C15H11Cl2NO. The summed E-state index contributed by atoms with van der Waals surface area (Å²) in [7, 11) is 1.59. The zero-order valence-electron chi connectivity index (χ0n) is 10.3. The fourth-order valence-corrected chi connectivity index (χ4v) is 2.13. The Bertz CT molecular complexity index is 647. The number of hydrogen-bond donors (Lipinski definition) is 0. The van der Waals surface area contributed by atoms with Gasteiger partial charge in [0.05, 0.1) is 29.6 Å².